The summed E-state index contributed by atoms with van der Waals surface area (Å²) in [7, 11) is 0. The van der Waals surface area contributed by atoms with Crippen molar-refractivity contribution in [2.24, 2.45) is 0 Å². The molecule has 0 aliphatic rings. The molecule has 0 fully saturated rings. The molecule has 0 N–H and O–H groups in total. The lowest BCUT2D eigenvalue weighted by molar-refractivity contribution is -0.167. The first-order valence-corrected chi connectivity index (χ1v) is 26.2. The van der Waals surface area contributed by atoms with Crippen LogP contribution in [-0.4, -0.2) is 37.2 Å². The average Bonchev–Trinajstić information content (AvgIpc) is 3.29. The molecule has 0 bridgehead atoms. The Kier molecular flexibility index (Phi) is 49.0. The Labute approximate surface area is 394 Å². The van der Waals surface area contributed by atoms with Gasteiger partial charge < -0.3 is 14.2 Å². The molecule has 1 atom stereocenters. The van der Waals surface area contributed by atoms with Crippen LogP contribution in [-0.2, 0) is 28.6 Å². The van der Waals surface area contributed by atoms with Crippen molar-refractivity contribution in [2.75, 3.05) is 13.2 Å². The minimum absolute atomic E-state index is 0.0971. The van der Waals surface area contributed by atoms with Crippen molar-refractivity contribution in [3.05, 3.63) is 97.2 Å². The predicted molar refractivity (Wildman–Crippen MR) is 274 cm³/mol. The van der Waals surface area contributed by atoms with Gasteiger partial charge in [-0.1, -0.05) is 208 Å². The molecule has 0 aromatic carbocycles. The van der Waals surface area contributed by atoms with E-state index < -0.39 is 6.10 Å². The van der Waals surface area contributed by atoms with E-state index in [-0.39, 0.29) is 31.1 Å². The van der Waals surface area contributed by atoms with Gasteiger partial charge in [0.15, 0.2) is 6.10 Å². The Hall–Kier alpha value is -3.67. The van der Waals surface area contributed by atoms with Gasteiger partial charge in [0.25, 0.3) is 0 Å². The smallest absolute Gasteiger partial charge is 0.306 e. The molecule has 364 valence electrons. The molecule has 64 heavy (non-hydrogen) atoms. The third kappa shape index (κ3) is 49.3. The van der Waals surface area contributed by atoms with Crippen LogP contribution in [0.25, 0.3) is 0 Å². The minimum Gasteiger partial charge on any atom is -0.462 e. The summed E-state index contributed by atoms with van der Waals surface area (Å²) in [4.78, 5) is 38.0. The van der Waals surface area contributed by atoms with E-state index in [0.717, 1.165) is 122 Å². The second-order valence-electron chi connectivity index (χ2n) is 17.1. The maximum Gasteiger partial charge on any atom is 0.306 e. The van der Waals surface area contributed by atoms with Crippen molar-refractivity contribution < 1.29 is 28.6 Å². The van der Waals surface area contributed by atoms with Crippen LogP contribution in [0, 0.1) is 0 Å². The zero-order valence-electron chi connectivity index (χ0n) is 41.5. The minimum atomic E-state index is -0.801. The molecule has 0 amide bonds. The summed E-state index contributed by atoms with van der Waals surface area (Å²) in [5, 5.41) is 0. The summed E-state index contributed by atoms with van der Waals surface area (Å²) in [6.07, 6.45) is 68.2. The van der Waals surface area contributed by atoms with Crippen LogP contribution < -0.4 is 0 Å². The first kappa shape index (κ1) is 60.3. The van der Waals surface area contributed by atoms with Gasteiger partial charge in [-0.15, -0.1) is 0 Å². The lowest BCUT2D eigenvalue weighted by Gasteiger charge is -2.18. The lowest BCUT2D eigenvalue weighted by atomic mass is 10.1. The molecule has 0 saturated heterocycles. The molecule has 0 saturated carbocycles. The van der Waals surface area contributed by atoms with E-state index in [1.807, 2.05) is 0 Å². The normalized spacial score (nSPS) is 12.9. The number of carbonyl (C=O) groups is 3. The Morgan fingerprint density at radius 2 is 0.609 bits per heavy atom. The van der Waals surface area contributed by atoms with Crippen molar-refractivity contribution in [2.45, 2.75) is 239 Å². The molecule has 0 aromatic rings. The molecule has 6 heteroatoms. The van der Waals surface area contributed by atoms with Crippen LogP contribution in [0.1, 0.15) is 233 Å². The van der Waals surface area contributed by atoms with Crippen molar-refractivity contribution in [3.8, 4) is 0 Å². The van der Waals surface area contributed by atoms with Crippen LogP contribution in [0.15, 0.2) is 97.2 Å². The van der Waals surface area contributed by atoms with Crippen molar-refractivity contribution in [3.63, 3.8) is 0 Å². The number of hydrogen-bond acceptors (Lipinski definition) is 6. The number of esters is 3. The summed E-state index contributed by atoms with van der Waals surface area (Å²) in [5.74, 6) is -0.956. The summed E-state index contributed by atoms with van der Waals surface area (Å²) in [6.45, 7) is 6.43. The van der Waals surface area contributed by atoms with Crippen LogP contribution in [0.2, 0.25) is 0 Å². The SMILES string of the molecule is CC/C=C\C/C=C\C/C=C\C/C=C\C/C=C\CCCCCC(=O)OC[C@@H](COC(=O)CCCCCCCCCCCC)OC(=O)CCCCCC/C=C\C/C=C\C/C=C\CCCCC. The largest absolute Gasteiger partial charge is 0.462 e. The van der Waals surface area contributed by atoms with Crippen molar-refractivity contribution >= 4 is 17.9 Å². The topological polar surface area (TPSA) is 78.9 Å². The van der Waals surface area contributed by atoms with Gasteiger partial charge in [0, 0.05) is 19.3 Å². The summed E-state index contributed by atoms with van der Waals surface area (Å²) >= 11 is 0. The second kappa shape index (κ2) is 52.0. The van der Waals surface area contributed by atoms with Gasteiger partial charge in [-0.05, 0) is 103 Å². The fourth-order valence-electron chi connectivity index (χ4n) is 6.89. The molecule has 0 aliphatic carbocycles. The molecule has 0 aliphatic heterocycles. The van der Waals surface area contributed by atoms with Crippen molar-refractivity contribution in [1.82, 2.24) is 0 Å². The third-order valence-corrected chi connectivity index (χ3v) is 10.8. The van der Waals surface area contributed by atoms with E-state index >= 15 is 0 Å². The third-order valence-electron chi connectivity index (χ3n) is 10.8. The molecule has 0 unspecified atom stereocenters. The van der Waals surface area contributed by atoms with Crippen LogP contribution in [0.5, 0.6) is 0 Å². The fourth-order valence-corrected chi connectivity index (χ4v) is 6.89. The zero-order chi connectivity index (χ0) is 46.5. The van der Waals surface area contributed by atoms with E-state index in [4.69, 9.17) is 14.2 Å². The maximum absolute atomic E-state index is 12.8. The Morgan fingerprint density at radius 3 is 1.00 bits per heavy atom. The van der Waals surface area contributed by atoms with Gasteiger partial charge in [-0.25, -0.2) is 0 Å². The molecule has 0 spiro atoms. The van der Waals surface area contributed by atoms with Crippen LogP contribution in [0.4, 0.5) is 0 Å². The van der Waals surface area contributed by atoms with Crippen LogP contribution >= 0.6 is 0 Å². The Morgan fingerprint density at radius 1 is 0.328 bits per heavy atom. The summed E-state index contributed by atoms with van der Waals surface area (Å²) in [6, 6.07) is 0. The number of allylic oxidation sites excluding steroid dienone is 16. The average molecular weight is 889 g/mol. The number of rotatable bonds is 46. The Balaban J connectivity index is 4.46. The quantitative estimate of drug-likeness (QED) is 0.0262. The fraction of sp³-hybridized carbons (Fsp3) is 0.672. The maximum atomic E-state index is 12.8. The standard InChI is InChI=1S/C58H96O6/c1-4-7-10-13-16-19-22-24-26-28-29-31-32-34-36-39-42-45-48-51-57(60)63-54-55(53-62-56(59)50-47-44-41-38-21-18-15-12-9-6-3)64-58(61)52-49-46-43-40-37-35-33-30-27-25-23-20-17-14-11-8-5-2/h7,10,16-17,19-20,24-27,29,31,33-36,55H,4-6,8-9,11-15,18,21-23,28,30,32,37-54H2,1-3H3/b10-7-,19-16-,20-17-,26-24-,27-25-,31-29-,35-33-,36-34-/t55-/m1/s1. The van der Waals surface area contributed by atoms with E-state index in [9.17, 15) is 14.4 Å². The Bertz CT molecular complexity index is 1300. The van der Waals surface area contributed by atoms with E-state index in [0.29, 0.717) is 19.3 Å². The van der Waals surface area contributed by atoms with Crippen LogP contribution in [0.3, 0.4) is 0 Å². The highest BCUT2D eigenvalue weighted by atomic mass is 16.6. The van der Waals surface area contributed by atoms with E-state index in [1.54, 1.807) is 0 Å². The number of hydrogen-bond donors (Lipinski definition) is 0. The van der Waals surface area contributed by atoms with Gasteiger partial charge in [0.05, 0.1) is 0 Å². The molecular weight excluding hydrogens is 793 g/mol. The van der Waals surface area contributed by atoms with Gasteiger partial charge in [-0.3, -0.25) is 14.4 Å². The molecule has 0 radical (unpaired) electrons. The van der Waals surface area contributed by atoms with Gasteiger partial charge in [0.2, 0.25) is 0 Å². The molecule has 6 nitrogen and oxygen atoms in total. The first-order chi connectivity index (χ1) is 31.5. The summed E-state index contributed by atoms with van der Waals surface area (Å²) < 4.78 is 16.7. The second-order valence-corrected chi connectivity index (χ2v) is 17.1. The highest BCUT2D eigenvalue weighted by molar-refractivity contribution is 5.71. The zero-order valence-corrected chi connectivity index (χ0v) is 41.5. The summed E-state index contributed by atoms with van der Waals surface area (Å²) in [5.41, 5.74) is 0. The van der Waals surface area contributed by atoms with Gasteiger partial charge >= 0.3 is 17.9 Å². The number of carbonyl (C=O) groups excluding carboxylic acids is 3. The molecule has 0 rings (SSSR count). The van der Waals surface area contributed by atoms with E-state index in [1.165, 1.54) is 70.6 Å². The highest BCUT2D eigenvalue weighted by Crippen LogP contribution is 2.13. The lowest BCUT2D eigenvalue weighted by Crippen LogP contribution is -2.30. The van der Waals surface area contributed by atoms with Gasteiger partial charge in [-0.2, -0.15) is 0 Å². The molecule has 0 heterocycles. The first-order valence-electron chi connectivity index (χ1n) is 26.2. The molecular formula is C58H96O6. The van der Waals surface area contributed by atoms with Crippen molar-refractivity contribution in [1.29, 1.82) is 0 Å². The van der Waals surface area contributed by atoms with Gasteiger partial charge in [0.1, 0.15) is 13.2 Å². The number of ether oxygens (including phenoxy) is 3. The predicted octanol–water partition coefficient (Wildman–Crippen LogP) is 17.4. The number of unbranched alkanes of at least 4 members (excludes halogenated alkanes) is 19. The highest BCUT2D eigenvalue weighted by Gasteiger charge is 2.19. The molecule has 0 aromatic heterocycles. The van der Waals surface area contributed by atoms with E-state index in [2.05, 4.69) is 118 Å². The monoisotopic (exact) mass is 889 g/mol.